The maximum absolute atomic E-state index is 13.9. The molecular weight excluding hydrogens is 745 g/mol. The molecule has 0 unspecified atom stereocenters. The zero-order valence-corrected chi connectivity index (χ0v) is 34.0. The minimum Gasteiger partial charge on any atom is -0.353 e. The lowest BCUT2D eigenvalue weighted by Crippen LogP contribution is -2.40. The van der Waals surface area contributed by atoms with Crippen molar-refractivity contribution >= 4 is 23.6 Å². The van der Waals surface area contributed by atoms with E-state index in [4.69, 9.17) is 0 Å². The van der Waals surface area contributed by atoms with E-state index in [1.165, 1.54) is 12.2 Å². The number of rotatable bonds is 28. The highest BCUT2D eigenvalue weighted by atomic mass is 16.2. The Labute approximate surface area is 348 Å². The van der Waals surface area contributed by atoms with Gasteiger partial charge < -0.3 is 20.4 Å². The Morgan fingerprint density at radius 3 is 1.08 bits per heavy atom. The summed E-state index contributed by atoms with van der Waals surface area (Å²) in [5, 5.41) is 5.59. The van der Waals surface area contributed by atoms with Gasteiger partial charge in [0.15, 0.2) is 0 Å². The van der Waals surface area contributed by atoms with Crippen molar-refractivity contribution in [2.75, 3.05) is 52.4 Å². The van der Waals surface area contributed by atoms with E-state index in [2.05, 4.69) is 53.5 Å². The number of aromatic nitrogens is 4. The molecule has 0 bridgehead atoms. The molecule has 0 aromatic carbocycles. The number of nitrogens with zero attached hydrogens (tertiary/aromatic N) is 8. The highest BCUT2D eigenvalue weighted by molar-refractivity contribution is 5.87. The maximum atomic E-state index is 13.9. The van der Waals surface area contributed by atoms with E-state index >= 15 is 0 Å². The summed E-state index contributed by atoms with van der Waals surface area (Å²) in [5.41, 5.74) is 3.60. The van der Waals surface area contributed by atoms with Gasteiger partial charge in [0.25, 0.3) is 0 Å². The van der Waals surface area contributed by atoms with E-state index in [0.29, 0.717) is 97.8 Å². The molecule has 14 nitrogen and oxygen atoms in total. The summed E-state index contributed by atoms with van der Waals surface area (Å²) < 4.78 is 0. The second kappa shape index (κ2) is 26.7. The van der Waals surface area contributed by atoms with Gasteiger partial charge in [0.2, 0.25) is 23.6 Å². The van der Waals surface area contributed by atoms with Crippen molar-refractivity contribution in [3.05, 3.63) is 146 Å². The molecule has 0 aliphatic heterocycles. The van der Waals surface area contributed by atoms with E-state index in [1.807, 2.05) is 82.6 Å². The van der Waals surface area contributed by atoms with E-state index in [1.54, 1.807) is 24.8 Å². The van der Waals surface area contributed by atoms with Gasteiger partial charge in [0, 0.05) is 116 Å². The van der Waals surface area contributed by atoms with Gasteiger partial charge in [-0.3, -0.25) is 48.9 Å². The number of hydrogen-bond acceptors (Lipinski definition) is 10. The molecule has 0 aliphatic carbocycles. The van der Waals surface area contributed by atoms with Crippen LogP contribution in [-0.4, -0.2) is 116 Å². The maximum Gasteiger partial charge on any atom is 0.243 e. The Kier molecular flexibility index (Phi) is 20.7. The van der Waals surface area contributed by atoms with Crippen molar-refractivity contribution in [1.82, 2.24) is 50.2 Å². The van der Waals surface area contributed by atoms with E-state index in [-0.39, 0.29) is 36.5 Å². The first-order valence-electron chi connectivity index (χ1n) is 20.2. The first-order chi connectivity index (χ1) is 28.8. The predicted octanol–water partition coefficient (Wildman–Crippen LogP) is 4.18. The number of nitrogens with one attached hydrogen (secondary N) is 2. The number of hydrogen-bond donors (Lipinski definition) is 2. The van der Waals surface area contributed by atoms with Crippen molar-refractivity contribution < 1.29 is 19.2 Å². The normalized spacial score (nSPS) is 10.9. The molecule has 4 aromatic heterocycles. The Balaban J connectivity index is 1.42. The van der Waals surface area contributed by atoms with Gasteiger partial charge in [0.1, 0.15) is 0 Å². The summed E-state index contributed by atoms with van der Waals surface area (Å²) >= 11 is 0. The van der Waals surface area contributed by atoms with Crippen LogP contribution in [0.3, 0.4) is 0 Å². The fourth-order valence-electron chi connectivity index (χ4n) is 6.42. The average molecular weight is 803 g/mol. The quantitative estimate of drug-likeness (QED) is 0.0631. The molecule has 0 fully saturated rings. The van der Waals surface area contributed by atoms with Crippen LogP contribution in [0.1, 0.15) is 54.9 Å². The van der Waals surface area contributed by atoms with Gasteiger partial charge in [-0.25, -0.2) is 0 Å². The minimum absolute atomic E-state index is 0.0169. The summed E-state index contributed by atoms with van der Waals surface area (Å²) in [4.78, 5) is 77.5. The molecule has 4 rings (SSSR count). The standard InChI is InChI=1S/C45H58N10O4/c1-3-42(56)50-26-13-28-54(44(58)20-32-52(34-38-16-5-9-22-46-38)35-39-17-6-10-23-47-39)30-15-31-55(29-14-27-51-43(57)4-2)45(59)21-33-53(36-40-18-7-11-24-48-40)37-41-19-8-12-25-49-41/h3-12,16-19,22-25H,1-2,13-15,20-21,26-37H2,(H,50,56)(H,51,57). The molecule has 0 saturated heterocycles. The number of carbonyl (C=O) groups is 4. The lowest BCUT2D eigenvalue weighted by Gasteiger charge is -2.28. The summed E-state index contributed by atoms with van der Waals surface area (Å²) in [6.07, 6.45) is 11.7. The third-order valence-electron chi connectivity index (χ3n) is 9.47. The third kappa shape index (κ3) is 18.3. The van der Waals surface area contributed by atoms with Gasteiger partial charge in [-0.15, -0.1) is 0 Å². The summed E-state index contributed by atoms with van der Waals surface area (Å²) in [6.45, 7) is 12.8. The summed E-state index contributed by atoms with van der Waals surface area (Å²) in [6, 6.07) is 23.2. The largest absolute Gasteiger partial charge is 0.353 e. The average Bonchev–Trinajstić information content (AvgIpc) is 3.27. The monoisotopic (exact) mass is 802 g/mol. The molecule has 0 atom stereocenters. The first kappa shape index (κ1) is 45.6. The van der Waals surface area contributed by atoms with E-state index < -0.39 is 0 Å². The van der Waals surface area contributed by atoms with Crippen LogP contribution in [0.15, 0.2) is 123 Å². The lowest BCUT2D eigenvalue weighted by molar-refractivity contribution is -0.132. The highest BCUT2D eigenvalue weighted by Crippen LogP contribution is 2.12. The van der Waals surface area contributed by atoms with Crippen molar-refractivity contribution in [3.8, 4) is 0 Å². The topological polar surface area (TPSA) is 157 Å². The molecule has 2 N–H and O–H groups in total. The fraction of sp³-hybridized carbons (Fsp3) is 0.378. The minimum atomic E-state index is -0.264. The summed E-state index contributed by atoms with van der Waals surface area (Å²) in [7, 11) is 0. The second-order valence-corrected chi connectivity index (χ2v) is 14.0. The molecule has 0 radical (unpaired) electrons. The Bertz CT molecular complexity index is 1630. The SMILES string of the molecule is C=CC(=O)NCCCN(CCCN(CCCNC(=O)C=C)C(=O)CCN(Cc1ccccn1)Cc1ccccn1)C(=O)CCN(Cc1ccccn1)Cc1ccccn1. The third-order valence-corrected chi connectivity index (χ3v) is 9.47. The Hall–Kier alpha value is -6.12. The molecule has 59 heavy (non-hydrogen) atoms. The van der Waals surface area contributed by atoms with Crippen LogP contribution in [0.4, 0.5) is 0 Å². The molecule has 312 valence electrons. The Morgan fingerprint density at radius 1 is 0.475 bits per heavy atom. The van der Waals surface area contributed by atoms with E-state index in [0.717, 1.165) is 22.8 Å². The molecular formula is C45H58N10O4. The smallest absolute Gasteiger partial charge is 0.243 e. The zero-order valence-electron chi connectivity index (χ0n) is 34.0. The van der Waals surface area contributed by atoms with Crippen LogP contribution in [0.5, 0.6) is 0 Å². The van der Waals surface area contributed by atoms with Crippen LogP contribution in [0.25, 0.3) is 0 Å². The second-order valence-electron chi connectivity index (χ2n) is 14.0. The summed E-state index contributed by atoms with van der Waals surface area (Å²) in [5.74, 6) is -0.562. The van der Waals surface area contributed by atoms with Gasteiger partial charge in [-0.1, -0.05) is 37.4 Å². The molecule has 0 aliphatic rings. The van der Waals surface area contributed by atoms with Crippen LogP contribution in [0.2, 0.25) is 0 Å². The van der Waals surface area contributed by atoms with Crippen LogP contribution in [-0.2, 0) is 45.4 Å². The van der Waals surface area contributed by atoms with Gasteiger partial charge >= 0.3 is 0 Å². The first-order valence-corrected chi connectivity index (χ1v) is 20.2. The highest BCUT2D eigenvalue weighted by Gasteiger charge is 2.20. The fourth-order valence-corrected chi connectivity index (χ4v) is 6.42. The number of amides is 4. The molecule has 0 spiro atoms. The lowest BCUT2D eigenvalue weighted by atomic mass is 10.2. The van der Waals surface area contributed by atoms with Crippen molar-refractivity contribution in [2.24, 2.45) is 0 Å². The van der Waals surface area contributed by atoms with Crippen LogP contribution in [0, 0.1) is 0 Å². The van der Waals surface area contributed by atoms with Crippen LogP contribution >= 0.6 is 0 Å². The molecule has 4 amide bonds. The molecule has 4 aromatic rings. The number of carbonyl (C=O) groups excluding carboxylic acids is 4. The molecule has 14 heteroatoms. The van der Waals surface area contributed by atoms with Gasteiger partial charge in [-0.05, 0) is 79.9 Å². The van der Waals surface area contributed by atoms with E-state index in [9.17, 15) is 19.2 Å². The van der Waals surface area contributed by atoms with Crippen LogP contribution < -0.4 is 10.6 Å². The van der Waals surface area contributed by atoms with Crippen molar-refractivity contribution in [2.45, 2.75) is 58.3 Å². The Morgan fingerprint density at radius 2 is 0.797 bits per heavy atom. The zero-order chi connectivity index (χ0) is 41.9. The van der Waals surface area contributed by atoms with Gasteiger partial charge in [-0.2, -0.15) is 0 Å². The molecule has 4 heterocycles. The predicted molar refractivity (Wildman–Crippen MR) is 228 cm³/mol. The molecule has 0 saturated carbocycles. The van der Waals surface area contributed by atoms with Gasteiger partial charge in [0.05, 0.1) is 22.8 Å². The van der Waals surface area contributed by atoms with Crippen molar-refractivity contribution in [1.29, 1.82) is 0 Å². The van der Waals surface area contributed by atoms with Crippen molar-refractivity contribution in [3.63, 3.8) is 0 Å². The number of pyridine rings is 4.